The maximum atomic E-state index is 12.0. The van der Waals surface area contributed by atoms with Gasteiger partial charge < -0.3 is 15.8 Å². The van der Waals surface area contributed by atoms with Gasteiger partial charge in [-0.25, -0.2) is 0 Å². The molecule has 9 heteroatoms. The van der Waals surface area contributed by atoms with Crippen LogP contribution in [-0.2, 0) is 10.5 Å². The number of amides is 1. The lowest BCUT2D eigenvalue weighted by atomic mass is 10.0. The number of thioether (sulfide) groups is 1. The van der Waals surface area contributed by atoms with Crippen LogP contribution in [0, 0.1) is 16.0 Å². The van der Waals surface area contributed by atoms with E-state index in [-0.39, 0.29) is 35.8 Å². The van der Waals surface area contributed by atoms with Gasteiger partial charge in [0.15, 0.2) is 5.75 Å². The average Bonchev–Trinajstić information content (AvgIpc) is 3.01. The summed E-state index contributed by atoms with van der Waals surface area (Å²) < 4.78 is 4.98. The number of benzene rings is 1. The topological polar surface area (TPSA) is 107 Å². The van der Waals surface area contributed by atoms with Crippen LogP contribution in [0.25, 0.3) is 0 Å². The first-order chi connectivity index (χ1) is 11.5. The highest BCUT2D eigenvalue weighted by Gasteiger charge is 2.27. The molecule has 0 spiro atoms. The number of ether oxygens (including phenoxy) is 1. The van der Waals surface area contributed by atoms with Crippen molar-refractivity contribution >= 4 is 35.8 Å². The van der Waals surface area contributed by atoms with E-state index in [2.05, 4.69) is 5.32 Å². The van der Waals surface area contributed by atoms with Crippen LogP contribution < -0.4 is 15.8 Å². The van der Waals surface area contributed by atoms with Crippen LogP contribution in [-0.4, -0.2) is 36.3 Å². The standard InChI is InChI=1S/C16H23N3O4S.ClH/c1-23-15-6-5-11(7-14(15)19(21)22)9-24-10-16(20)18-13-4-2-3-12(13)8-17;/h5-7,12-13H,2-4,8-10,17H2,1H3,(H,18,20);1H. The van der Waals surface area contributed by atoms with Gasteiger partial charge >= 0.3 is 5.69 Å². The number of carbonyl (C=O) groups excluding carboxylic acids is 1. The van der Waals surface area contributed by atoms with E-state index in [9.17, 15) is 14.9 Å². The molecule has 25 heavy (non-hydrogen) atoms. The predicted molar refractivity (Wildman–Crippen MR) is 101 cm³/mol. The van der Waals surface area contributed by atoms with Gasteiger partial charge in [0.1, 0.15) is 0 Å². The molecule has 1 aliphatic carbocycles. The molecule has 1 aromatic rings. The van der Waals surface area contributed by atoms with Crippen LogP contribution in [0.2, 0.25) is 0 Å². The molecule has 140 valence electrons. The summed E-state index contributed by atoms with van der Waals surface area (Å²) in [7, 11) is 1.40. The SMILES string of the molecule is COc1ccc(CSCC(=O)NC2CCCC2CN)cc1[N+](=O)[O-].Cl. The third-order valence-corrected chi connectivity index (χ3v) is 5.25. The molecule has 0 saturated heterocycles. The fraction of sp³-hybridized carbons (Fsp3) is 0.562. The molecule has 0 radical (unpaired) electrons. The van der Waals surface area contributed by atoms with Crippen LogP contribution in [0.3, 0.4) is 0 Å². The molecule has 2 rings (SSSR count). The van der Waals surface area contributed by atoms with E-state index in [0.29, 0.717) is 24.0 Å². The summed E-state index contributed by atoms with van der Waals surface area (Å²) in [5.74, 6) is 1.47. The summed E-state index contributed by atoms with van der Waals surface area (Å²) >= 11 is 1.43. The van der Waals surface area contributed by atoms with Gasteiger partial charge in [-0.2, -0.15) is 0 Å². The number of methoxy groups -OCH3 is 1. The fourth-order valence-electron chi connectivity index (χ4n) is 2.99. The highest BCUT2D eigenvalue weighted by molar-refractivity contribution is 7.99. The van der Waals surface area contributed by atoms with E-state index in [1.165, 1.54) is 24.9 Å². The smallest absolute Gasteiger partial charge is 0.311 e. The molecule has 1 amide bonds. The van der Waals surface area contributed by atoms with Gasteiger partial charge in [-0.05, 0) is 36.9 Å². The Morgan fingerprint density at radius 2 is 2.24 bits per heavy atom. The van der Waals surface area contributed by atoms with Gasteiger partial charge in [0.05, 0.1) is 17.8 Å². The summed E-state index contributed by atoms with van der Waals surface area (Å²) in [5.41, 5.74) is 6.45. The van der Waals surface area contributed by atoms with Crippen LogP contribution in [0.1, 0.15) is 24.8 Å². The molecule has 1 aliphatic rings. The summed E-state index contributed by atoms with van der Waals surface area (Å²) in [6, 6.07) is 5.03. The number of hydrogen-bond acceptors (Lipinski definition) is 6. The molecule has 7 nitrogen and oxygen atoms in total. The average molecular weight is 390 g/mol. The van der Waals surface area contributed by atoms with Crippen LogP contribution in [0.15, 0.2) is 18.2 Å². The number of nitrogens with zero attached hydrogens (tertiary/aromatic N) is 1. The van der Waals surface area contributed by atoms with Gasteiger partial charge in [-0.3, -0.25) is 14.9 Å². The van der Waals surface area contributed by atoms with E-state index < -0.39 is 4.92 Å². The molecule has 1 saturated carbocycles. The molecule has 3 N–H and O–H groups in total. The van der Waals surface area contributed by atoms with E-state index in [1.807, 2.05) is 0 Å². The highest BCUT2D eigenvalue weighted by atomic mass is 35.5. The Labute approximate surface area is 157 Å². The van der Waals surface area contributed by atoms with E-state index >= 15 is 0 Å². The highest BCUT2D eigenvalue weighted by Crippen LogP contribution is 2.29. The van der Waals surface area contributed by atoms with Crippen molar-refractivity contribution in [1.82, 2.24) is 5.32 Å². The Bertz CT molecular complexity index is 603. The molecule has 0 heterocycles. The molecule has 1 fully saturated rings. The van der Waals surface area contributed by atoms with Gasteiger partial charge in [-0.1, -0.05) is 12.5 Å². The molecule has 0 bridgehead atoms. The largest absolute Gasteiger partial charge is 0.490 e. The molecule has 0 aromatic heterocycles. The van der Waals surface area contributed by atoms with Gasteiger partial charge in [-0.15, -0.1) is 24.2 Å². The second kappa shape index (κ2) is 10.5. The van der Waals surface area contributed by atoms with Gasteiger partial charge in [0.2, 0.25) is 5.91 Å². The summed E-state index contributed by atoms with van der Waals surface area (Å²) in [4.78, 5) is 22.6. The van der Waals surface area contributed by atoms with Crippen LogP contribution >= 0.6 is 24.2 Å². The van der Waals surface area contributed by atoms with Crippen LogP contribution in [0.5, 0.6) is 5.75 Å². The molecule has 2 atom stereocenters. The Balaban J connectivity index is 0.00000312. The minimum atomic E-state index is -0.466. The first kappa shape index (κ1) is 21.5. The summed E-state index contributed by atoms with van der Waals surface area (Å²) in [5, 5.41) is 14.1. The first-order valence-electron chi connectivity index (χ1n) is 7.93. The van der Waals surface area contributed by atoms with Crippen molar-refractivity contribution in [2.24, 2.45) is 11.7 Å². The number of nitro benzene ring substituents is 1. The molecule has 2 unspecified atom stereocenters. The lowest BCUT2D eigenvalue weighted by Crippen LogP contribution is -2.40. The van der Waals surface area contributed by atoms with Crippen molar-refractivity contribution in [2.45, 2.75) is 31.1 Å². The van der Waals surface area contributed by atoms with Gasteiger partial charge in [0, 0.05) is 17.9 Å². The summed E-state index contributed by atoms with van der Waals surface area (Å²) in [6.45, 7) is 0.605. The number of nitrogens with two attached hydrogens (primary N) is 1. The lowest BCUT2D eigenvalue weighted by molar-refractivity contribution is -0.385. The monoisotopic (exact) mass is 389 g/mol. The zero-order chi connectivity index (χ0) is 17.5. The van der Waals surface area contributed by atoms with Gasteiger partial charge in [0.25, 0.3) is 0 Å². The quantitative estimate of drug-likeness (QED) is 0.522. The number of nitro groups is 1. The Morgan fingerprint density at radius 1 is 1.48 bits per heavy atom. The number of halogens is 1. The zero-order valence-electron chi connectivity index (χ0n) is 14.1. The Morgan fingerprint density at radius 3 is 2.88 bits per heavy atom. The Hall–Kier alpha value is -1.51. The van der Waals surface area contributed by atoms with Crippen molar-refractivity contribution in [2.75, 3.05) is 19.4 Å². The lowest BCUT2D eigenvalue weighted by Gasteiger charge is -2.19. The zero-order valence-corrected chi connectivity index (χ0v) is 15.7. The maximum Gasteiger partial charge on any atom is 0.311 e. The van der Waals surface area contributed by atoms with Crippen molar-refractivity contribution < 1.29 is 14.5 Å². The predicted octanol–water partition coefficient (Wildman–Crippen LogP) is 2.50. The molecule has 1 aromatic carbocycles. The van der Waals surface area contributed by atoms with Crippen LogP contribution in [0.4, 0.5) is 5.69 Å². The molecular weight excluding hydrogens is 366 g/mol. The van der Waals surface area contributed by atoms with Crippen molar-refractivity contribution in [3.8, 4) is 5.75 Å². The first-order valence-corrected chi connectivity index (χ1v) is 9.09. The molecule has 0 aliphatic heterocycles. The third-order valence-electron chi connectivity index (χ3n) is 4.25. The summed E-state index contributed by atoms with van der Waals surface area (Å²) in [6.07, 6.45) is 3.17. The van der Waals surface area contributed by atoms with Crippen molar-refractivity contribution in [3.05, 3.63) is 33.9 Å². The third kappa shape index (κ3) is 6.05. The van der Waals surface area contributed by atoms with E-state index in [1.54, 1.807) is 12.1 Å². The fourth-order valence-corrected chi connectivity index (χ4v) is 3.77. The second-order valence-corrected chi connectivity index (χ2v) is 6.84. The van der Waals surface area contributed by atoms with E-state index in [0.717, 1.165) is 24.8 Å². The minimum absolute atomic E-state index is 0. The minimum Gasteiger partial charge on any atom is -0.490 e. The number of nitrogens with one attached hydrogen (secondary N) is 1. The number of rotatable bonds is 8. The maximum absolute atomic E-state index is 12.0. The van der Waals surface area contributed by atoms with Crippen molar-refractivity contribution in [1.29, 1.82) is 0 Å². The van der Waals surface area contributed by atoms with E-state index in [4.69, 9.17) is 10.5 Å². The number of hydrogen-bond donors (Lipinski definition) is 2. The molecular formula is C16H24ClN3O4S. The Kier molecular flexibility index (Phi) is 9.02. The van der Waals surface area contributed by atoms with Crippen molar-refractivity contribution in [3.63, 3.8) is 0 Å². The normalized spacial score (nSPS) is 19.1. The second-order valence-electron chi connectivity index (χ2n) is 5.86. The number of carbonyl (C=O) groups is 1.